The third-order valence-electron chi connectivity index (χ3n) is 5.03. The molecule has 0 saturated carbocycles. The number of hydrogen-bond donors (Lipinski definition) is 0. The number of likely N-dealkylation sites (N-methyl/N-ethyl adjacent to an activating group) is 1. The third-order valence-corrected chi connectivity index (χ3v) is 5.03. The summed E-state index contributed by atoms with van der Waals surface area (Å²) in [6.07, 6.45) is 7.38. The van der Waals surface area contributed by atoms with Gasteiger partial charge in [0, 0.05) is 19.6 Å². The van der Waals surface area contributed by atoms with E-state index >= 15 is 0 Å². The smallest absolute Gasteiger partial charge is 0.419 e. The summed E-state index contributed by atoms with van der Waals surface area (Å²) in [6.45, 7) is 6.57. The van der Waals surface area contributed by atoms with Gasteiger partial charge >= 0.3 is 6.09 Å². The van der Waals surface area contributed by atoms with Gasteiger partial charge in [0.1, 0.15) is 23.9 Å². The molecule has 0 aliphatic carbocycles. The topological polar surface area (TPSA) is 51.2 Å². The number of ether oxygens (including phenoxy) is 3. The van der Waals surface area contributed by atoms with Crippen molar-refractivity contribution in [3.8, 4) is 17.2 Å². The van der Waals surface area contributed by atoms with Crippen LogP contribution in [0, 0.1) is 0 Å². The monoisotopic (exact) mass is 422 g/mol. The maximum atomic E-state index is 12.7. The second kappa shape index (κ2) is 11.2. The molecule has 164 valence electrons. The summed E-state index contributed by atoms with van der Waals surface area (Å²) in [7, 11) is 3.64. The lowest BCUT2D eigenvalue weighted by atomic mass is 10.0. The lowest BCUT2D eigenvalue weighted by Gasteiger charge is -2.29. The average Bonchev–Trinajstić information content (AvgIpc) is 2.79. The predicted octanol–water partition coefficient (Wildman–Crippen LogP) is 4.70. The number of nitrogens with zero attached hydrogens (tertiary/aromatic N) is 2. The number of carbonyl (C=O) groups excluding carboxylic acids is 1. The van der Waals surface area contributed by atoms with Crippen LogP contribution in [-0.4, -0.2) is 51.4 Å². The van der Waals surface area contributed by atoms with Crippen molar-refractivity contribution in [2.75, 3.05) is 45.3 Å². The molecule has 1 amide bonds. The highest BCUT2D eigenvalue weighted by molar-refractivity contribution is 5.90. The summed E-state index contributed by atoms with van der Waals surface area (Å²) in [6, 6.07) is 12.8. The van der Waals surface area contributed by atoms with Crippen molar-refractivity contribution in [1.29, 1.82) is 0 Å². The number of hydrogen-bond acceptors (Lipinski definition) is 5. The van der Waals surface area contributed by atoms with Crippen LogP contribution in [0.2, 0.25) is 0 Å². The fourth-order valence-corrected chi connectivity index (χ4v) is 3.41. The van der Waals surface area contributed by atoms with Gasteiger partial charge in [-0.1, -0.05) is 18.2 Å². The summed E-state index contributed by atoms with van der Waals surface area (Å²) in [5.74, 6) is 2.01. The van der Waals surface area contributed by atoms with Crippen LogP contribution in [0.4, 0.5) is 10.5 Å². The lowest BCUT2D eigenvalue weighted by molar-refractivity contribution is 0.207. The van der Waals surface area contributed by atoms with Crippen LogP contribution < -0.4 is 19.1 Å². The van der Waals surface area contributed by atoms with Crippen LogP contribution in [0.25, 0.3) is 0 Å². The van der Waals surface area contributed by atoms with E-state index in [0.29, 0.717) is 24.7 Å². The summed E-state index contributed by atoms with van der Waals surface area (Å²) in [4.78, 5) is 16.6. The quantitative estimate of drug-likeness (QED) is 0.548. The highest BCUT2D eigenvalue weighted by atomic mass is 16.6. The molecule has 3 rings (SSSR count). The minimum Gasteiger partial charge on any atom is -0.497 e. The third kappa shape index (κ3) is 6.36. The Kier molecular flexibility index (Phi) is 8.12. The van der Waals surface area contributed by atoms with E-state index in [1.54, 1.807) is 36.3 Å². The molecular formula is C25H30N2O4. The van der Waals surface area contributed by atoms with Crippen molar-refractivity contribution < 1.29 is 19.0 Å². The molecule has 6 heteroatoms. The van der Waals surface area contributed by atoms with E-state index < -0.39 is 0 Å². The van der Waals surface area contributed by atoms with Gasteiger partial charge in [-0.3, -0.25) is 9.80 Å². The molecule has 0 saturated heterocycles. The molecule has 1 heterocycles. The molecule has 1 aliphatic rings. The van der Waals surface area contributed by atoms with E-state index in [9.17, 15) is 4.79 Å². The molecule has 2 aromatic carbocycles. The Labute approximate surface area is 184 Å². The van der Waals surface area contributed by atoms with Crippen LogP contribution in [0.5, 0.6) is 17.2 Å². The van der Waals surface area contributed by atoms with Gasteiger partial charge in [0.15, 0.2) is 0 Å². The van der Waals surface area contributed by atoms with Gasteiger partial charge < -0.3 is 14.2 Å². The van der Waals surface area contributed by atoms with Gasteiger partial charge in [0.05, 0.1) is 12.8 Å². The second-order valence-corrected chi connectivity index (χ2v) is 7.38. The number of methoxy groups -OCH3 is 1. The first-order valence-electron chi connectivity index (χ1n) is 10.4. The van der Waals surface area contributed by atoms with Crippen molar-refractivity contribution in [2.45, 2.75) is 12.8 Å². The van der Waals surface area contributed by atoms with Crippen LogP contribution in [0.15, 0.2) is 67.3 Å². The van der Waals surface area contributed by atoms with Gasteiger partial charge in [-0.2, -0.15) is 0 Å². The van der Waals surface area contributed by atoms with Gasteiger partial charge in [0.2, 0.25) is 0 Å². The van der Waals surface area contributed by atoms with Gasteiger partial charge in [-0.15, -0.1) is 6.58 Å². The molecule has 0 radical (unpaired) electrons. The molecule has 0 fully saturated rings. The molecule has 0 bridgehead atoms. The number of amides is 1. The summed E-state index contributed by atoms with van der Waals surface area (Å²) < 4.78 is 16.5. The van der Waals surface area contributed by atoms with E-state index in [-0.39, 0.29) is 6.09 Å². The molecular weight excluding hydrogens is 392 g/mol. The van der Waals surface area contributed by atoms with Crippen LogP contribution in [0.3, 0.4) is 0 Å². The first kappa shape index (κ1) is 22.4. The Morgan fingerprint density at radius 3 is 2.58 bits per heavy atom. The summed E-state index contributed by atoms with van der Waals surface area (Å²) in [5.41, 5.74) is 1.96. The number of aryl methyl sites for hydroxylation is 1. The number of rotatable bonds is 9. The summed E-state index contributed by atoms with van der Waals surface area (Å²) in [5, 5.41) is 0. The first-order valence-corrected chi connectivity index (χ1v) is 10.4. The molecule has 0 atom stereocenters. The van der Waals surface area contributed by atoms with E-state index in [2.05, 4.69) is 17.6 Å². The maximum Gasteiger partial charge on any atom is 0.419 e. The number of anilines is 1. The van der Waals surface area contributed by atoms with Crippen LogP contribution >= 0.6 is 0 Å². The molecule has 6 nitrogen and oxygen atoms in total. The minimum atomic E-state index is -0.383. The van der Waals surface area contributed by atoms with Crippen molar-refractivity contribution in [2.24, 2.45) is 0 Å². The first-order chi connectivity index (χ1) is 15.1. The maximum absolute atomic E-state index is 12.7. The van der Waals surface area contributed by atoms with Crippen molar-refractivity contribution in [3.05, 3.63) is 72.8 Å². The number of carbonyl (C=O) groups is 1. The van der Waals surface area contributed by atoms with Crippen LogP contribution in [-0.2, 0) is 6.42 Å². The fraction of sp³-hybridized carbons (Fsp3) is 0.320. The lowest BCUT2D eigenvalue weighted by Crippen LogP contribution is -2.37. The Balaban J connectivity index is 1.58. The van der Waals surface area contributed by atoms with E-state index in [1.165, 1.54) is 0 Å². The molecule has 0 spiro atoms. The van der Waals surface area contributed by atoms with Crippen molar-refractivity contribution in [3.63, 3.8) is 0 Å². The van der Waals surface area contributed by atoms with Crippen LogP contribution in [0.1, 0.15) is 12.0 Å². The predicted molar refractivity (Wildman–Crippen MR) is 123 cm³/mol. The fourth-order valence-electron chi connectivity index (χ4n) is 3.41. The highest BCUT2D eigenvalue weighted by Crippen LogP contribution is 2.31. The van der Waals surface area contributed by atoms with Gasteiger partial charge in [-0.05, 0) is 67.9 Å². The largest absolute Gasteiger partial charge is 0.497 e. The Morgan fingerprint density at radius 2 is 1.84 bits per heavy atom. The van der Waals surface area contributed by atoms with Gasteiger partial charge in [-0.25, -0.2) is 4.79 Å². The Hall–Kier alpha value is -3.25. The Morgan fingerprint density at radius 1 is 1.10 bits per heavy atom. The van der Waals surface area contributed by atoms with Crippen molar-refractivity contribution in [1.82, 2.24) is 4.90 Å². The van der Waals surface area contributed by atoms with E-state index in [0.717, 1.165) is 42.9 Å². The molecule has 2 aromatic rings. The zero-order chi connectivity index (χ0) is 22.1. The van der Waals surface area contributed by atoms with E-state index in [4.69, 9.17) is 14.2 Å². The zero-order valence-corrected chi connectivity index (χ0v) is 18.3. The SMILES string of the molecule is C=CCN(C)C/C=C/COc1ccc2c(c1)CCCN2C(=O)Oc1ccc(OC)cc1. The molecule has 0 N–H and O–H groups in total. The zero-order valence-electron chi connectivity index (χ0n) is 18.3. The number of benzene rings is 2. The van der Waals surface area contributed by atoms with E-state index in [1.807, 2.05) is 37.4 Å². The van der Waals surface area contributed by atoms with Crippen molar-refractivity contribution >= 4 is 11.8 Å². The standard InChI is InChI=1S/C25H30N2O4/c1-4-15-26(2)16-5-6-18-30-23-13-14-24-20(19-23)8-7-17-27(24)25(28)31-22-11-9-21(29-3)10-12-22/h4-6,9-14,19H,1,7-8,15-18H2,2-3H3/b6-5+. The normalized spacial score (nSPS) is 13.2. The molecule has 0 aromatic heterocycles. The second-order valence-electron chi connectivity index (χ2n) is 7.38. The minimum absolute atomic E-state index is 0.383. The molecule has 31 heavy (non-hydrogen) atoms. The summed E-state index contributed by atoms with van der Waals surface area (Å²) >= 11 is 0. The number of fused-ring (bicyclic) bond motifs is 1. The Bertz CT molecular complexity index is 908. The average molecular weight is 423 g/mol. The molecule has 0 unspecified atom stereocenters. The van der Waals surface area contributed by atoms with Gasteiger partial charge in [0.25, 0.3) is 0 Å². The highest BCUT2D eigenvalue weighted by Gasteiger charge is 2.24. The molecule has 1 aliphatic heterocycles.